The van der Waals surface area contributed by atoms with Gasteiger partial charge in [0.05, 0.1) is 18.0 Å². The van der Waals surface area contributed by atoms with E-state index in [1.165, 1.54) is 0 Å². The Morgan fingerprint density at radius 1 is 1.56 bits per heavy atom. The monoisotopic (exact) mass is 362 g/mol. The second-order valence-corrected chi connectivity index (χ2v) is 6.43. The number of nitrogens with zero attached hydrogens (tertiary/aromatic N) is 4. The Kier molecular flexibility index (Phi) is 5.57. The molecular weight excluding hydrogens is 340 g/mol. The molecule has 0 aliphatic carbocycles. The molecule has 1 amide bonds. The van der Waals surface area contributed by atoms with Crippen molar-refractivity contribution in [2.45, 2.75) is 19.4 Å². The van der Waals surface area contributed by atoms with Gasteiger partial charge in [0, 0.05) is 51.8 Å². The maximum atomic E-state index is 11.8. The molecule has 3 rings (SSSR count). The number of aliphatic hydroxyl groups is 1. The molecule has 0 aromatic carbocycles. The molecule has 0 spiro atoms. The standard InChI is InChI=1S/C16H22N6O2S/c1-11(24)22-7-4-13(15-14(22)3-2-5-18-15)19-20-16(25)21-8-6-17-12(9-21)10-23/h2-3,5,12,17,23H,4,6-10H2,1H3,(H,20,25)/b19-13-. The van der Waals surface area contributed by atoms with Crippen LogP contribution < -0.4 is 15.6 Å². The number of pyridine rings is 1. The number of anilines is 1. The topological polar surface area (TPSA) is 93.1 Å². The lowest BCUT2D eigenvalue weighted by atomic mass is 10.1. The van der Waals surface area contributed by atoms with Crippen molar-refractivity contribution in [2.75, 3.05) is 37.7 Å². The maximum absolute atomic E-state index is 11.8. The zero-order chi connectivity index (χ0) is 17.8. The van der Waals surface area contributed by atoms with Gasteiger partial charge in [-0.05, 0) is 24.4 Å². The van der Waals surface area contributed by atoms with Gasteiger partial charge in [-0.25, -0.2) is 0 Å². The summed E-state index contributed by atoms with van der Waals surface area (Å²) in [6, 6.07) is 3.70. The molecule has 1 atom stereocenters. The molecule has 3 N–H and O–H groups in total. The Morgan fingerprint density at radius 2 is 2.40 bits per heavy atom. The van der Waals surface area contributed by atoms with Crippen LogP contribution in [0.25, 0.3) is 0 Å². The molecule has 25 heavy (non-hydrogen) atoms. The van der Waals surface area contributed by atoms with Crippen molar-refractivity contribution in [2.24, 2.45) is 5.10 Å². The van der Waals surface area contributed by atoms with Crippen molar-refractivity contribution in [3.05, 3.63) is 24.0 Å². The van der Waals surface area contributed by atoms with Crippen LogP contribution in [0.2, 0.25) is 0 Å². The highest BCUT2D eigenvalue weighted by atomic mass is 32.1. The molecule has 3 heterocycles. The van der Waals surface area contributed by atoms with Crippen molar-refractivity contribution >= 4 is 34.6 Å². The van der Waals surface area contributed by atoms with Gasteiger partial charge in [0.2, 0.25) is 5.91 Å². The molecule has 8 nitrogen and oxygen atoms in total. The fourth-order valence-corrected chi connectivity index (χ4v) is 3.26. The summed E-state index contributed by atoms with van der Waals surface area (Å²) in [5.74, 6) is -0.00681. The van der Waals surface area contributed by atoms with Gasteiger partial charge >= 0.3 is 0 Å². The first-order valence-electron chi connectivity index (χ1n) is 8.29. The number of hydrogen-bond donors (Lipinski definition) is 3. The number of aliphatic hydroxyl groups excluding tert-OH is 1. The lowest BCUT2D eigenvalue weighted by Crippen LogP contribution is -2.55. The quantitative estimate of drug-likeness (QED) is 0.491. The number of rotatable bonds is 2. The number of hydrazone groups is 1. The first-order chi connectivity index (χ1) is 12.1. The largest absolute Gasteiger partial charge is 0.395 e. The van der Waals surface area contributed by atoms with Crippen molar-refractivity contribution in [3.8, 4) is 0 Å². The third-order valence-electron chi connectivity index (χ3n) is 4.35. The normalized spacial score (nSPS) is 21.8. The smallest absolute Gasteiger partial charge is 0.223 e. The van der Waals surface area contributed by atoms with Crippen LogP contribution in [0.3, 0.4) is 0 Å². The van der Waals surface area contributed by atoms with Crippen LogP contribution in [0.5, 0.6) is 0 Å². The third kappa shape index (κ3) is 3.94. The first kappa shape index (κ1) is 17.7. The van der Waals surface area contributed by atoms with Gasteiger partial charge in [0.1, 0.15) is 5.69 Å². The van der Waals surface area contributed by atoms with Gasteiger partial charge in [-0.2, -0.15) is 5.10 Å². The Balaban J connectivity index is 1.72. The molecule has 0 radical (unpaired) electrons. The van der Waals surface area contributed by atoms with Gasteiger partial charge in [0.15, 0.2) is 5.11 Å². The number of amides is 1. The molecule has 1 aromatic rings. The molecule has 2 aliphatic heterocycles. The highest BCUT2D eigenvalue weighted by molar-refractivity contribution is 7.80. The number of piperazine rings is 1. The second-order valence-electron chi connectivity index (χ2n) is 6.05. The summed E-state index contributed by atoms with van der Waals surface area (Å²) in [6.45, 7) is 4.36. The van der Waals surface area contributed by atoms with E-state index in [0.29, 0.717) is 30.3 Å². The van der Waals surface area contributed by atoms with E-state index >= 15 is 0 Å². The average molecular weight is 362 g/mol. The molecule has 134 valence electrons. The minimum Gasteiger partial charge on any atom is -0.395 e. The summed E-state index contributed by atoms with van der Waals surface area (Å²) >= 11 is 5.42. The number of nitrogens with one attached hydrogen (secondary N) is 2. The van der Waals surface area contributed by atoms with Crippen molar-refractivity contribution in [3.63, 3.8) is 0 Å². The Bertz CT molecular complexity index is 695. The molecule has 9 heteroatoms. The lowest BCUT2D eigenvalue weighted by Gasteiger charge is -2.34. The zero-order valence-electron chi connectivity index (χ0n) is 14.1. The number of carbonyl (C=O) groups excluding carboxylic acids is 1. The summed E-state index contributed by atoms with van der Waals surface area (Å²) in [7, 11) is 0. The summed E-state index contributed by atoms with van der Waals surface area (Å²) in [4.78, 5) is 19.9. The third-order valence-corrected chi connectivity index (χ3v) is 4.70. The summed E-state index contributed by atoms with van der Waals surface area (Å²) in [5, 5.41) is 17.5. The number of carbonyl (C=O) groups is 1. The Labute approximate surface area is 151 Å². The maximum Gasteiger partial charge on any atom is 0.223 e. The van der Waals surface area contributed by atoms with Gasteiger partial charge in [0.25, 0.3) is 0 Å². The number of fused-ring (bicyclic) bond motifs is 1. The predicted octanol–water partition coefficient (Wildman–Crippen LogP) is -0.317. The molecule has 1 aromatic heterocycles. The van der Waals surface area contributed by atoms with E-state index in [2.05, 4.69) is 20.8 Å². The number of thiocarbonyl (C=S) groups is 1. The van der Waals surface area contributed by atoms with Crippen LogP contribution >= 0.6 is 12.2 Å². The first-order valence-corrected chi connectivity index (χ1v) is 8.70. The van der Waals surface area contributed by atoms with E-state index in [0.717, 1.165) is 24.5 Å². The molecule has 2 aliphatic rings. The average Bonchev–Trinajstić information content (AvgIpc) is 2.65. The van der Waals surface area contributed by atoms with Crippen LogP contribution in [0.15, 0.2) is 23.4 Å². The minimum absolute atomic E-state index is 0.00681. The van der Waals surface area contributed by atoms with Crippen LogP contribution in [-0.4, -0.2) is 70.5 Å². The van der Waals surface area contributed by atoms with Crippen LogP contribution in [0, 0.1) is 0 Å². The molecule has 1 fully saturated rings. The fourth-order valence-electron chi connectivity index (χ4n) is 3.05. The molecule has 1 unspecified atom stereocenters. The van der Waals surface area contributed by atoms with Crippen LogP contribution in [0.1, 0.15) is 19.0 Å². The van der Waals surface area contributed by atoms with Gasteiger partial charge < -0.3 is 20.2 Å². The van der Waals surface area contributed by atoms with Crippen molar-refractivity contribution < 1.29 is 9.90 Å². The summed E-state index contributed by atoms with van der Waals surface area (Å²) in [5.41, 5.74) is 5.20. The molecule has 1 saturated heterocycles. The minimum atomic E-state index is -0.00681. The van der Waals surface area contributed by atoms with E-state index in [1.807, 2.05) is 17.0 Å². The molecular formula is C16H22N6O2S. The van der Waals surface area contributed by atoms with E-state index in [-0.39, 0.29) is 18.6 Å². The number of aromatic nitrogens is 1. The molecule has 0 saturated carbocycles. The van der Waals surface area contributed by atoms with Crippen molar-refractivity contribution in [1.82, 2.24) is 20.6 Å². The predicted molar refractivity (Wildman–Crippen MR) is 99.6 cm³/mol. The highest BCUT2D eigenvalue weighted by Gasteiger charge is 2.26. The van der Waals surface area contributed by atoms with E-state index in [1.54, 1.807) is 18.0 Å². The summed E-state index contributed by atoms with van der Waals surface area (Å²) in [6.07, 6.45) is 2.30. The zero-order valence-corrected chi connectivity index (χ0v) is 14.9. The van der Waals surface area contributed by atoms with E-state index in [9.17, 15) is 9.90 Å². The Hall–Kier alpha value is -2.10. The van der Waals surface area contributed by atoms with Crippen LogP contribution in [-0.2, 0) is 4.79 Å². The van der Waals surface area contributed by atoms with Crippen molar-refractivity contribution in [1.29, 1.82) is 0 Å². The van der Waals surface area contributed by atoms with E-state index in [4.69, 9.17) is 12.2 Å². The fraction of sp³-hybridized carbons (Fsp3) is 0.500. The molecule has 0 bridgehead atoms. The highest BCUT2D eigenvalue weighted by Crippen LogP contribution is 2.25. The van der Waals surface area contributed by atoms with Crippen LogP contribution in [0.4, 0.5) is 5.69 Å². The van der Waals surface area contributed by atoms with Gasteiger partial charge in [-0.1, -0.05) is 0 Å². The number of hydrogen-bond acceptors (Lipinski definition) is 6. The van der Waals surface area contributed by atoms with E-state index < -0.39 is 0 Å². The van der Waals surface area contributed by atoms with Gasteiger partial charge in [-0.3, -0.25) is 15.2 Å². The SMILES string of the molecule is CC(=O)N1CC/C(=N/NC(=S)N2CCNC(CO)C2)c2ncccc21. The second kappa shape index (κ2) is 7.85. The Morgan fingerprint density at radius 3 is 3.16 bits per heavy atom. The lowest BCUT2D eigenvalue weighted by molar-refractivity contribution is -0.116. The van der Waals surface area contributed by atoms with Gasteiger partial charge in [-0.15, -0.1) is 0 Å². The summed E-state index contributed by atoms with van der Waals surface area (Å²) < 4.78 is 0.